The Kier molecular flexibility index (Phi) is 9.24. The van der Waals surface area contributed by atoms with Crippen molar-refractivity contribution in [1.82, 2.24) is 0 Å². The fourth-order valence-corrected chi connectivity index (χ4v) is 6.31. The first-order valence-electron chi connectivity index (χ1n) is 12.6. The van der Waals surface area contributed by atoms with Gasteiger partial charge in [0, 0.05) is 11.1 Å². The number of carbonyl (C=O) groups is 1. The van der Waals surface area contributed by atoms with E-state index >= 15 is 0 Å². The summed E-state index contributed by atoms with van der Waals surface area (Å²) in [6, 6.07) is 17.5. The summed E-state index contributed by atoms with van der Waals surface area (Å²) in [5.41, 5.74) is 0.811. The summed E-state index contributed by atoms with van der Waals surface area (Å²) in [5.74, 6) is 1.80. The number of methoxy groups -OCH3 is 2. The van der Waals surface area contributed by atoms with Gasteiger partial charge in [-0.15, -0.1) is 0 Å². The number of carbonyl (C=O) groups excluding carboxylic acids is 1. The summed E-state index contributed by atoms with van der Waals surface area (Å²) < 4.78 is 15.9. The third-order valence-electron chi connectivity index (χ3n) is 7.67. The molecule has 2 aromatic rings. The number of epoxide rings is 1. The van der Waals surface area contributed by atoms with Gasteiger partial charge >= 0.3 is 0 Å². The van der Waals surface area contributed by atoms with Crippen molar-refractivity contribution in [2.75, 3.05) is 14.2 Å². The third kappa shape index (κ3) is 5.48. The number of ketones is 1. The first kappa shape index (κ1) is 28.2. The van der Waals surface area contributed by atoms with E-state index in [0.717, 1.165) is 61.2 Å². The zero-order valence-electron chi connectivity index (χ0n) is 20.6. The smallest absolute Gasteiger partial charge is 0.209 e. The van der Waals surface area contributed by atoms with Crippen molar-refractivity contribution >= 4 is 21.7 Å². The summed E-state index contributed by atoms with van der Waals surface area (Å²) in [7, 11) is 3.27. The summed E-state index contributed by atoms with van der Waals surface area (Å²) in [6.07, 6.45) is 11.0. The van der Waals surface area contributed by atoms with Gasteiger partial charge in [0.25, 0.3) is 0 Å². The van der Waals surface area contributed by atoms with Crippen LogP contribution in [0, 0.1) is 11.3 Å². The van der Waals surface area contributed by atoms with E-state index in [-0.39, 0.29) is 23.1 Å². The zero-order chi connectivity index (χ0) is 24.9. The molecule has 1 heterocycles. The minimum Gasteiger partial charge on any atom is -0.497 e. The lowest BCUT2D eigenvalue weighted by molar-refractivity contribution is 0.0923. The standard InChI is InChI=1S/C15H17NO2.C14H17BrO2.CH4/c1-17-13-7-5-12(6-8-13)15(11-16)14(18-15)9-3-2-4-10-14;1-17-12-7-5-11(6-8-12)13(16)14(15)9-3-2-4-10-14;/h5-8H,2-4,9-10H2,1H3;5-8H,2-4,9-10H2,1H3;1H4. The lowest BCUT2D eigenvalue weighted by Crippen LogP contribution is -2.34. The van der Waals surface area contributed by atoms with Crippen molar-refractivity contribution in [2.45, 2.75) is 87.2 Å². The maximum atomic E-state index is 12.4. The molecule has 1 unspecified atom stereocenters. The average molecular weight is 557 g/mol. The second-order valence-electron chi connectivity index (χ2n) is 9.76. The molecule has 3 aliphatic rings. The summed E-state index contributed by atoms with van der Waals surface area (Å²) in [4.78, 5) is 12.4. The molecule has 3 fully saturated rings. The van der Waals surface area contributed by atoms with Crippen LogP contribution in [-0.2, 0) is 10.3 Å². The Labute approximate surface area is 224 Å². The first-order valence-corrected chi connectivity index (χ1v) is 13.3. The number of ether oxygens (including phenoxy) is 3. The molecule has 2 aromatic carbocycles. The first-order chi connectivity index (χ1) is 16.9. The van der Waals surface area contributed by atoms with E-state index in [9.17, 15) is 10.1 Å². The summed E-state index contributed by atoms with van der Waals surface area (Å²) in [6.45, 7) is 0. The molecule has 0 N–H and O–H groups in total. The predicted molar refractivity (Wildman–Crippen MR) is 146 cm³/mol. The van der Waals surface area contributed by atoms with Crippen molar-refractivity contribution in [2.24, 2.45) is 0 Å². The molecule has 5 nitrogen and oxygen atoms in total. The number of hydrogen-bond donors (Lipinski definition) is 0. The van der Waals surface area contributed by atoms with Gasteiger partial charge < -0.3 is 14.2 Å². The second kappa shape index (κ2) is 11.8. The highest BCUT2D eigenvalue weighted by Crippen LogP contribution is 2.62. The molecule has 6 heteroatoms. The molecule has 1 atom stereocenters. The van der Waals surface area contributed by atoms with Crippen LogP contribution in [0.3, 0.4) is 0 Å². The number of Topliss-reactive ketones (excluding diaryl/α,β-unsaturated/α-hetero) is 1. The largest absolute Gasteiger partial charge is 0.497 e. The Morgan fingerprint density at radius 1 is 0.833 bits per heavy atom. The van der Waals surface area contributed by atoms with Crippen molar-refractivity contribution in [1.29, 1.82) is 5.26 Å². The highest BCUT2D eigenvalue weighted by molar-refractivity contribution is 9.10. The number of halogens is 1. The van der Waals surface area contributed by atoms with E-state index in [4.69, 9.17) is 14.2 Å². The maximum absolute atomic E-state index is 12.4. The fraction of sp³-hybridized carbons (Fsp3) is 0.533. The number of nitrogens with zero attached hydrogens (tertiary/aromatic N) is 1. The van der Waals surface area contributed by atoms with Crippen LogP contribution in [0.15, 0.2) is 48.5 Å². The quantitative estimate of drug-likeness (QED) is 0.214. The lowest BCUT2D eigenvalue weighted by atomic mass is 9.77. The normalized spacial score (nSPS) is 23.2. The van der Waals surface area contributed by atoms with Crippen molar-refractivity contribution in [3.05, 3.63) is 59.7 Å². The minimum absolute atomic E-state index is 0. The molecular weight excluding hydrogens is 518 g/mol. The molecule has 5 rings (SSSR count). The molecule has 1 aliphatic heterocycles. The lowest BCUT2D eigenvalue weighted by Gasteiger charge is -2.30. The molecule has 2 saturated carbocycles. The van der Waals surface area contributed by atoms with Crippen LogP contribution in [0.4, 0.5) is 0 Å². The van der Waals surface area contributed by atoms with Gasteiger partial charge in [-0.2, -0.15) is 5.26 Å². The monoisotopic (exact) mass is 555 g/mol. The molecule has 2 aliphatic carbocycles. The molecule has 1 spiro atoms. The fourth-order valence-electron chi connectivity index (χ4n) is 5.52. The summed E-state index contributed by atoms with van der Waals surface area (Å²) >= 11 is 3.65. The Balaban J connectivity index is 0.000000196. The zero-order valence-corrected chi connectivity index (χ0v) is 22.2. The van der Waals surface area contributed by atoms with Crippen LogP contribution in [-0.4, -0.2) is 29.9 Å². The van der Waals surface area contributed by atoms with Gasteiger partial charge in [-0.3, -0.25) is 4.79 Å². The van der Waals surface area contributed by atoms with Crippen molar-refractivity contribution < 1.29 is 19.0 Å². The third-order valence-corrected chi connectivity index (χ3v) is 8.82. The molecule has 36 heavy (non-hydrogen) atoms. The molecule has 0 bridgehead atoms. The van der Waals surface area contributed by atoms with Gasteiger partial charge in [0.2, 0.25) is 5.60 Å². The number of hydrogen-bond acceptors (Lipinski definition) is 5. The van der Waals surface area contributed by atoms with Crippen LogP contribution in [0.5, 0.6) is 11.5 Å². The Morgan fingerprint density at radius 2 is 1.31 bits per heavy atom. The number of rotatable bonds is 5. The van der Waals surface area contributed by atoms with Crippen LogP contribution in [0.25, 0.3) is 0 Å². The van der Waals surface area contributed by atoms with E-state index in [2.05, 4.69) is 22.0 Å². The van der Waals surface area contributed by atoms with Crippen molar-refractivity contribution in [3.8, 4) is 17.6 Å². The van der Waals surface area contributed by atoms with E-state index in [1.54, 1.807) is 14.2 Å². The van der Waals surface area contributed by atoms with Crippen LogP contribution >= 0.6 is 15.9 Å². The SMILES string of the molecule is C.COc1ccc(C(=O)C2(Br)CCCCC2)cc1.COc1ccc(C2(C#N)OC23CCCCC3)cc1. The summed E-state index contributed by atoms with van der Waals surface area (Å²) in [5, 5.41) is 9.55. The van der Waals surface area contributed by atoms with Gasteiger partial charge in [0.1, 0.15) is 23.2 Å². The van der Waals surface area contributed by atoms with E-state index < -0.39 is 5.60 Å². The molecular formula is C30H38BrNO4. The minimum atomic E-state index is -0.709. The van der Waals surface area contributed by atoms with Crippen LogP contribution in [0.2, 0.25) is 0 Å². The van der Waals surface area contributed by atoms with E-state index in [0.29, 0.717) is 0 Å². The molecule has 194 valence electrons. The number of alkyl halides is 1. The van der Waals surface area contributed by atoms with Gasteiger partial charge in [-0.05, 0) is 62.1 Å². The highest BCUT2D eigenvalue weighted by atomic mass is 79.9. The van der Waals surface area contributed by atoms with Gasteiger partial charge in [0.15, 0.2) is 5.78 Å². The average Bonchev–Trinajstić information content (AvgIpc) is 3.56. The molecule has 0 amide bonds. The number of benzene rings is 2. The second-order valence-corrected chi connectivity index (χ2v) is 11.3. The topological polar surface area (TPSA) is 71.8 Å². The van der Waals surface area contributed by atoms with Gasteiger partial charge in [-0.25, -0.2) is 0 Å². The Hall–Kier alpha value is -2.36. The molecule has 0 aromatic heterocycles. The Bertz CT molecular complexity index is 1050. The number of nitriles is 1. The van der Waals surface area contributed by atoms with Gasteiger partial charge in [0.05, 0.1) is 18.5 Å². The molecule has 0 radical (unpaired) electrons. The van der Waals surface area contributed by atoms with E-state index in [1.165, 1.54) is 25.7 Å². The van der Waals surface area contributed by atoms with Crippen LogP contribution < -0.4 is 9.47 Å². The maximum Gasteiger partial charge on any atom is 0.209 e. The predicted octanol–water partition coefficient (Wildman–Crippen LogP) is 7.76. The van der Waals surface area contributed by atoms with E-state index in [1.807, 2.05) is 48.5 Å². The Morgan fingerprint density at radius 3 is 1.78 bits per heavy atom. The molecule has 1 saturated heterocycles. The highest BCUT2D eigenvalue weighted by Gasteiger charge is 2.71. The van der Waals surface area contributed by atoms with Crippen LogP contribution in [0.1, 0.15) is 87.6 Å². The van der Waals surface area contributed by atoms with Gasteiger partial charge in [-0.1, -0.05) is 74.0 Å². The van der Waals surface area contributed by atoms with Crippen molar-refractivity contribution in [3.63, 3.8) is 0 Å².